The molecule has 0 saturated heterocycles. The summed E-state index contributed by atoms with van der Waals surface area (Å²) in [5.41, 5.74) is 7.11. The first-order chi connectivity index (χ1) is 8.60. The van der Waals surface area contributed by atoms with Gasteiger partial charge in [-0.3, -0.25) is 0 Å². The molecule has 1 heterocycles. The maximum absolute atomic E-state index is 10.7. The Balaban J connectivity index is 2.36. The highest BCUT2D eigenvalue weighted by Gasteiger charge is 2.41. The van der Waals surface area contributed by atoms with Gasteiger partial charge in [0.15, 0.2) is 0 Å². The third kappa shape index (κ3) is 2.22. The number of methoxy groups -OCH3 is 1. The van der Waals surface area contributed by atoms with E-state index in [1.807, 2.05) is 13.0 Å². The third-order valence-electron chi connectivity index (χ3n) is 4.12. The first-order valence-corrected chi connectivity index (χ1v) is 6.55. The molecule has 1 atom stereocenters. The Bertz CT molecular complexity index is 394. The zero-order valence-corrected chi connectivity index (χ0v) is 11.1. The highest BCUT2D eigenvalue weighted by molar-refractivity contribution is 5.46. The second-order valence-corrected chi connectivity index (χ2v) is 5.16. The van der Waals surface area contributed by atoms with Crippen LogP contribution < -0.4 is 5.73 Å². The van der Waals surface area contributed by atoms with E-state index in [4.69, 9.17) is 10.5 Å². The number of nitrogens with zero attached hydrogens (tertiary/aromatic N) is 1. The maximum Gasteiger partial charge on any atom is 0.129 e. The van der Waals surface area contributed by atoms with Gasteiger partial charge in [-0.2, -0.15) is 0 Å². The van der Waals surface area contributed by atoms with Gasteiger partial charge in [0, 0.05) is 18.9 Å². The Morgan fingerprint density at radius 3 is 2.61 bits per heavy atom. The van der Waals surface area contributed by atoms with Crippen LogP contribution in [0.5, 0.6) is 0 Å². The van der Waals surface area contributed by atoms with Crippen LogP contribution in [0.1, 0.15) is 49.3 Å². The minimum Gasteiger partial charge on any atom is -0.385 e. The summed E-state index contributed by atoms with van der Waals surface area (Å²) in [7, 11) is 1.68. The molecule has 100 valence electrons. The van der Waals surface area contributed by atoms with E-state index in [-0.39, 0.29) is 0 Å². The molecular formula is C14H22N2O2. The number of hydrogen-bond acceptors (Lipinski definition) is 4. The quantitative estimate of drug-likeness (QED) is 0.864. The van der Waals surface area contributed by atoms with Gasteiger partial charge < -0.3 is 15.6 Å². The molecule has 2 rings (SSSR count). The second-order valence-electron chi connectivity index (χ2n) is 5.16. The summed E-state index contributed by atoms with van der Waals surface area (Å²) < 4.78 is 5.67. The van der Waals surface area contributed by atoms with Gasteiger partial charge in [-0.25, -0.2) is 4.98 Å². The summed E-state index contributed by atoms with van der Waals surface area (Å²) in [5.74, 6) is 0.407. The average molecular weight is 250 g/mol. The van der Waals surface area contributed by atoms with E-state index in [9.17, 15) is 5.11 Å². The summed E-state index contributed by atoms with van der Waals surface area (Å²) in [5, 5.41) is 10.7. The lowest BCUT2D eigenvalue weighted by atomic mass is 9.77. The van der Waals surface area contributed by atoms with E-state index >= 15 is 0 Å². The van der Waals surface area contributed by atoms with E-state index in [1.54, 1.807) is 13.3 Å². The molecule has 0 amide bonds. The molecule has 0 radical (unpaired) electrons. The Kier molecular flexibility index (Phi) is 3.88. The molecule has 1 unspecified atom stereocenters. The smallest absolute Gasteiger partial charge is 0.129 e. The predicted octanol–water partition coefficient (Wildman–Crippen LogP) is 2.35. The first kappa shape index (κ1) is 13.3. The number of aliphatic hydroxyl groups is 1. The number of ether oxygens (including phenoxy) is 1. The largest absolute Gasteiger partial charge is 0.385 e. The zero-order chi connectivity index (χ0) is 13.2. The number of aromatic nitrogens is 1. The number of nitrogens with two attached hydrogens (primary N) is 1. The lowest BCUT2D eigenvalue weighted by Gasteiger charge is -2.40. The van der Waals surface area contributed by atoms with E-state index in [0.29, 0.717) is 5.82 Å². The van der Waals surface area contributed by atoms with Crippen LogP contribution in [0.25, 0.3) is 0 Å². The molecule has 4 nitrogen and oxygen atoms in total. The van der Waals surface area contributed by atoms with Crippen molar-refractivity contribution >= 4 is 5.82 Å². The second kappa shape index (κ2) is 5.24. The molecule has 0 aromatic carbocycles. The Labute approximate surface area is 108 Å². The van der Waals surface area contributed by atoms with Crippen molar-refractivity contribution in [2.45, 2.75) is 50.7 Å². The summed E-state index contributed by atoms with van der Waals surface area (Å²) in [6.45, 7) is 1.95. The minimum atomic E-state index is -0.698. The van der Waals surface area contributed by atoms with Crippen molar-refractivity contribution in [3.05, 3.63) is 23.4 Å². The third-order valence-corrected chi connectivity index (χ3v) is 4.12. The summed E-state index contributed by atoms with van der Waals surface area (Å²) >= 11 is 0. The van der Waals surface area contributed by atoms with Crippen molar-refractivity contribution < 1.29 is 9.84 Å². The van der Waals surface area contributed by atoms with E-state index in [1.165, 1.54) is 6.42 Å². The number of anilines is 1. The van der Waals surface area contributed by atoms with Gasteiger partial charge in [0.2, 0.25) is 0 Å². The maximum atomic E-state index is 10.7. The summed E-state index contributed by atoms with van der Waals surface area (Å²) in [6, 6.07) is 1.88. The Morgan fingerprint density at radius 1 is 1.39 bits per heavy atom. The van der Waals surface area contributed by atoms with E-state index < -0.39 is 11.7 Å². The molecule has 1 fully saturated rings. The number of aryl methyl sites for hydroxylation is 1. The fraction of sp³-hybridized carbons (Fsp3) is 0.643. The number of nitrogen functional groups attached to an aromatic ring is 1. The van der Waals surface area contributed by atoms with Gasteiger partial charge in [0.25, 0.3) is 0 Å². The van der Waals surface area contributed by atoms with Crippen LogP contribution in [0.2, 0.25) is 0 Å². The minimum absolute atomic E-state index is 0.407. The van der Waals surface area contributed by atoms with Crippen LogP contribution in [0.15, 0.2) is 12.3 Å². The van der Waals surface area contributed by atoms with Crippen LogP contribution in [0.3, 0.4) is 0 Å². The average Bonchev–Trinajstić information content (AvgIpc) is 2.39. The Morgan fingerprint density at radius 2 is 2.06 bits per heavy atom. The normalized spacial score (nSPS) is 20.6. The van der Waals surface area contributed by atoms with Crippen LogP contribution in [-0.4, -0.2) is 22.8 Å². The van der Waals surface area contributed by atoms with Crippen molar-refractivity contribution in [2.24, 2.45) is 0 Å². The topological polar surface area (TPSA) is 68.4 Å². The number of pyridine rings is 1. The van der Waals surface area contributed by atoms with Crippen molar-refractivity contribution in [2.75, 3.05) is 12.8 Å². The van der Waals surface area contributed by atoms with Crippen molar-refractivity contribution in [3.8, 4) is 0 Å². The van der Waals surface area contributed by atoms with E-state index in [0.717, 1.165) is 36.8 Å². The Hall–Kier alpha value is -1.13. The van der Waals surface area contributed by atoms with Gasteiger partial charge in [0.05, 0.1) is 5.60 Å². The fourth-order valence-corrected chi connectivity index (χ4v) is 2.95. The molecule has 1 aliphatic rings. The van der Waals surface area contributed by atoms with Gasteiger partial charge in [-0.1, -0.05) is 19.3 Å². The SMILES string of the molecule is COC1(C(O)c2c(C)ccnc2N)CCCCC1. The van der Waals surface area contributed by atoms with Crippen LogP contribution in [0, 0.1) is 6.92 Å². The van der Waals surface area contributed by atoms with Crippen molar-refractivity contribution in [1.29, 1.82) is 0 Å². The lowest BCUT2D eigenvalue weighted by Crippen LogP contribution is -2.41. The molecule has 1 aliphatic carbocycles. The molecule has 0 bridgehead atoms. The van der Waals surface area contributed by atoms with Crippen LogP contribution >= 0.6 is 0 Å². The molecule has 0 spiro atoms. The molecule has 1 aromatic rings. The van der Waals surface area contributed by atoms with Gasteiger partial charge >= 0.3 is 0 Å². The van der Waals surface area contributed by atoms with Crippen LogP contribution in [-0.2, 0) is 4.74 Å². The molecular weight excluding hydrogens is 228 g/mol. The molecule has 18 heavy (non-hydrogen) atoms. The molecule has 3 N–H and O–H groups in total. The molecule has 4 heteroatoms. The van der Waals surface area contributed by atoms with Crippen molar-refractivity contribution in [1.82, 2.24) is 4.98 Å². The number of rotatable bonds is 3. The highest BCUT2D eigenvalue weighted by atomic mass is 16.5. The first-order valence-electron chi connectivity index (χ1n) is 6.55. The number of hydrogen-bond donors (Lipinski definition) is 2. The van der Waals surface area contributed by atoms with Crippen LogP contribution in [0.4, 0.5) is 5.82 Å². The molecule has 1 saturated carbocycles. The summed E-state index contributed by atoms with van der Waals surface area (Å²) in [6.07, 6.45) is 6.10. The van der Waals surface area contributed by atoms with Gasteiger partial charge in [-0.05, 0) is 31.4 Å². The summed E-state index contributed by atoms with van der Waals surface area (Å²) in [4.78, 5) is 4.08. The van der Waals surface area contributed by atoms with Gasteiger partial charge in [0.1, 0.15) is 11.9 Å². The number of aliphatic hydroxyl groups excluding tert-OH is 1. The van der Waals surface area contributed by atoms with Gasteiger partial charge in [-0.15, -0.1) is 0 Å². The van der Waals surface area contributed by atoms with Crippen molar-refractivity contribution in [3.63, 3.8) is 0 Å². The standard InChI is InChI=1S/C14H22N2O2/c1-10-6-9-16-13(15)11(10)12(17)14(18-2)7-4-3-5-8-14/h6,9,12,17H,3-5,7-8H2,1-2H3,(H2,15,16). The zero-order valence-electron chi connectivity index (χ0n) is 11.1. The highest BCUT2D eigenvalue weighted by Crippen LogP contribution is 2.42. The lowest BCUT2D eigenvalue weighted by molar-refractivity contribution is -0.125. The predicted molar refractivity (Wildman–Crippen MR) is 71.2 cm³/mol. The monoisotopic (exact) mass is 250 g/mol. The van der Waals surface area contributed by atoms with E-state index in [2.05, 4.69) is 4.98 Å². The molecule has 0 aliphatic heterocycles. The molecule has 1 aromatic heterocycles. The fourth-order valence-electron chi connectivity index (χ4n) is 2.95.